The van der Waals surface area contributed by atoms with E-state index in [2.05, 4.69) is 4.98 Å². The number of hydrogen-bond acceptors (Lipinski definition) is 6. The molecule has 1 aliphatic heterocycles. The van der Waals surface area contributed by atoms with Gasteiger partial charge in [-0.3, -0.25) is 10.1 Å². The minimum absolute atomic E-state index is 0.0161. The molecule has 98 valence electrons. The summed E-state index contributed by atoms with van der Waals surface area (Å²) in [6.07, 6.45) is 2.19. The van der Waals surface area contributed by atoms with Crippen molar-refractivity contribution in [2.45, 2.75) is 18.9 Å². The van der Waals surface area contributed by atoms with Gasteiger partial charge < -0.3 is 10.0 Å². The zero-order valence-corrected chi connectivity index (χ0v) is 9.81. The molecule has 1 atom stereocenters. The van der Waals surface area contributed by atoms with Gasteiger partial charge in [0.05, 0.1) is 4.92 Å². The molecule has 0 aromatic carbocycles. The normalized spacial score (nSPS) is 18.1. The van der Waals surface area contributed by atoms with Crippen LogP contribution in [0.4, 0.5) is 11.5 Å². The Morgan fingerprint density at radius 2 is 2.42 bits per heavy atom. The molecule has 0 aliphatic carbocycles. The zero-order valence-electron chi connectivity index (χ0n) is 9.81. The number of carboxylic acids is 1. The molecule has 1 aromatic heterocycles. The van der Waals surface area contributed by atoms with Crippen LogP contribution in [0.1, 0.15) is 18.4 Å². The summed E-state index contributed by atoms with van der Waals surface area (Å²) < 4.78 is 0. The molecule has 2 rings (SSSR count). The molecular formula is C11H10N4O4. The molecule has 0 amide bonds. The van der Waals surface area contributed by atoms with E-state index in [0.717, 1.165) is 12.3 Å². The highest BCUT2D eigenvalue weighted by atomic mass is 16.6. The predicted molar refractivity (Wildman–Crippen MR) is 63.6 cm³/mol. The minimum Gasteiger partial charge on any atom is -0.480 e. The Morgan fingerprint density at radius 1 is 1.68 bits per heavy atom. The van der Waals surface area contributed by atoms with Gasteiger partial charge in [-0.15, -0.1) is 0 Å². The number of carbonyl (C=O) groups is 1. The Bertz CT molecular complexity index is 581. The Morgan fingerprint density at radius 3 is 3.00 bits per heavy atom. The first-order valence-electron chi connectivity index (χ1n) is 5.58. The fourth-order valence-electron chi connectivity index (χ4n) is 2.13. The molecule has 1 aliphatic rings. The maximum absolute atomic E-state index is 11.1. The summed E-state index contributed by atoms with van der Waals surface area (Å²) in [7, 11) is 0. The van der Waals surface area contributed by atoms with Crippen molar-refractivity contribution in [2.24, 2.45) is 0 Å². The second kappa shape index (κ2) is 4.89. The third kappa shape index (κ3) is 2.30. The fourth-order valence-corrected chi connectivity index (χ4v) is 2.13. The summed E-state index contributed by atoms with van der Waals surface area (Å²) in [6.45, 7) is 0.469. The number of anilines is 1. The molecule has 1 N–H and O–H groups in total. The molecule has 0 saturated carbocycles. The molecular weight excluding hydrogens is 252 g/mol. The summed E-state index contributed by atoms with van der Waals surface area (Å²) >= 11 is 0. The number of pyridine rings is 1. The highest BCUT2D eigenvalue weighted by molar-refractivity contribution is 5.79. The number of carboxylic acid groups (broad SMARTS) is 1. The van der Waals surface area contributed by atoms with Gasteiger partial charge in [0.1, 0.15) is 29.7 Å². The van der Waals surface area contributed by atoms with E-state index in [1.165, 1.54) is 4.90 Å². The van der Waals surface area contributed by atoms with Crippen LogP contribution in [0.5, 0.6) is 0 Å². The Balaban J connectivity index is 2.42. The Hall–Kier alpha value is -2.69. The van der Waals surface area contributed by atoms with Crippen molar-refractivity contribution in [1.82, 2.24) is 4.98 Å². The first-order chi connectivity index (χ1) is 9.04. The van der Waals surface area contributed by atoms with E-state index >= 15 is 0 Å². The van der Waals surface area contributed by atoms with Crippen LogP contribution >= 0.6 is 0 Å². The van der Waals surface area contributed by atoms with Gasteiger partial charge in [0.15, 0.2) is 0 Å². The van der Waals surface area contributed by atoms with Crippen LogP contribution < -0.4 is 4.90 Å². The number of hydrogen-bond donors (Lipinski definition) is 1. The third-order valence-corrected chi connectivity index (χ3v) is 2.99. The van der Waals surface area contributed by atoms with E-state index < -0.39 is 16.9 Å². The number of nitro groups is 1. The predicted octanol–water partition coefficient (Wildman–Crippen LogP) is 0.915. The zero-order chi connectivity index (χ0) is 14.0. The molecule has 0 spiro atoms. The van der Waals surface area contributed by atoms with Gasteiger partial charge in [-0.05, 0) is 12.8 Å². The molecule has 1 fully saturated rings. The summed E-state index contributed by atoms with van der Waals surface area (Å²) in [5, 5.41) is 28.7. The first-order valence-corrected chi connectivity index (χ1v) is 5.58. The number of aliphatic carboxylic acids is 1. The topological polar surface area (TPSA) is 120 Å². The van der Waals surface area contributed by atoms with Gasteiger partial charge in [-0.25, -0.2) is 9.78 Å². The molecule has 0 radical (unpaired) electrons. The van der Waals surface area contributed by atoms with Crippen LogP contribution in [0.15, 0.2) is 12.3 Å². The van der Waals surface area contributed by atoms with Crippen molar-refractivity contribution in [3.8, 4) is 6.07 Å². The molecule has 19 heavy (non-hydrogen) atoms. The first kappa shape index (κ1) is 12.8. The number of nitriles is 1. The second-order valence-electron chi connectivity index (χ2n) is 4.12. The quantitative estimate of drug-likeness (QED) is 0.634. The molecule has 2 heterocycles. The lowest BCUT2D eigenvalue weighted by molar-refractivity contribution is -0.385. The number of rotatable bonds is 3. The summed E-state index contributed by atoms with van der Waals surface area (Å²) in [5.74, 6) is -0.792. The third-order valence-electron chi connectivity index (χ3n) is 2.99. The van der Waals surface area contributed by atoms with Crippen molar-refractivity contribution in [1.29, 1.82) is 5.26 Å². The smallest absolute Gasteiger partial charge is 0.326 e. The van der Waals surface area contributed by atoms with E-state index in [1.54, 1.807) is 0 Å². The minimum atomic E-state index is -0.985. The van der Waals surface area contributed by atoms with Crippen LogP contribution in [0, 0.1) is 21.4 Å². The molecule has 1 aromatic rings. The highest BCUT2D eigenvalue weighted by Gasteiger charge is 2.33. The highest BCUT2D eigenvalue weighted by Crippen LogP contribution is 2.28. The number of aromatic nitrogens is 1. The Kier molecular flexibility index (Phi) is 3.29. The molecule has 0 bridgehead atoms. The van der Waals surface area contributed by atoms with Gasteiger partial charge in [0, 0.05) is 12.6 Å². The van der Waals surface area contributed by atoms with E-state index in [-0.39, 0.29) is 17.1 Å². The van der Waals surface area contributed by atoms with Crippen LogP contribution in [0.25, 0.3) is 0 Å². The molecule has 1 unspecified atom stereocenters. The summed E-state index contributed by atoms with van der Waals surface area (Å²) in [4.78, 5) is 26.5. The molecule has 1 saturated heterocycles. The van der Waals surface area contributed by atoms with Crippen LogP contribution in [0.2, 0.25) is 0 Å². The lowest BCUT2D eigenvalue weighted by Gasteiger charge is -2.22. The Labute approximate surface area is 108 Å². The van der Waals surface area contributed by atoms with Crippen molar-refractivity contribution >= 4 is 17.5 Å². The van der Waals surface area contributed by atoms with E-state index in [1.807, 2.05) is 6.07 Å². The van der Waals surface area contributed by atoms with Crippen molar-refractivity contribution in [2.75, 3.05) is 11.4 Å². The maximum atomic E-state index is 11.1. The average Bonchev–Trinajstić information content (AvgIpc) is 2.87. The van der Waals surface area contributed by atoms with Crippen LogP contribution in [-0.4, -0.2) is 33.6 Å². The van der Waals surface area contributed by atoms with Crippen molar-refractivity contribution < 1.29 is 14.8 Å². The summed E-state index contributed by atoms with van der Waals surface area (Å²) in [5.41, 5.74) is -0.270. The van der Waals surface area contributed by atoms with Gasteiger partial charge >= 0.3 is 5.97 Å². The maximum Gasteiger partial charge on any atom is 0.326 e. The van der Waals surface area contributed by atoms with E-state index in [9.17, 15) is 14.9 Å². The largest absolute Gasteiger partial charge is 0.480 e. The lowest BCUT2D eigenvalue weighted by atomic mass is 10.2. The van der Waals surface area contributed by atoms with Gasteiger partial charge in [-0.2, -0.15) is 5.26 Å². The van der Waals surface area contributed by atoms with E-state index in [0.29, 0.717) is 19.4 Å². The second-order valence-corrected chi connectivity index (χ2v) is 4.12. The fraction of sp³-hybridized carbons (Fsp3) is 0.364. The van der Waals surface area contributed by atoms with Crippen LogP contribution in [0.3, 0.4) is 0 Å². The van der Waals surface area contributed by atoms with Crippen LogP contribution in [-0.2, 0) is 4.79 Å². The molecule has 8 heteroatoms. The van der Waals surface area contributed by atoms with Gasteiger partial charge in [-0.1, -0.05) is 0 Å². The monoisotopic (exact) mass is 262 g/mol. The van der Waals surface area contributed by atoms with E-state index in [4.69, 9.17) is 10.4 Å². The molecule has 8 nitrogen and oxygen atoms in total. The standard InChI is InChI=1S/C11H10N4O4/c12-5-7-4-8(15(18)19)6-13-10(7)14-3-1-2-9(14)11(16)17/h4,6,9H,1-3H2,(H,16,17). The van der Waals surface area contributed by atoms with Crippen molar-refractivity contribution in [3.05, 3.63) is 27.9 Å². The average molecular weight is 262 g/mol. The van der Waals surface area contributed by atoms with Gasteiger partial charge in [0.25, 0.3) is 5.69 Å². The summed E-state index contributed by atoms with van der Waals surface area (Å²) in [6, 6.07) is 2.20. The SMILES string of the molecule is N#Cc1cc([N+](=O)[O-])cnc1N1CCCC1C(=O)O. The number of nitrogens with zero attached hydrogens (tertiary/aromatic N) is 4. The van der Waals surface area contributed by atoms with Gasteiger partial charge in [0.2, 0.25) is 0 Å². The van der Waals surface area contributed by atoms with Crippen molar-refractivity contribution in [3.63, 3.8) is 0 Å². The lowest BCUT2D eigenvalue weighted by Crippen LogP contribution is -2.36.